The van der Waals surface area contributed by atoms with Crippen LogP contribution < -0.4 is 5.43 Å². The maximum atomic E-state index is 12.8. The van der Waals surface area contributed by atoms with Crippen molar-refractivity contribution in [1.82, 2.24) is 5.43 Å². The first-order valence-electron chi connectivity index (χ1n) is 7.06. The SMILES string of the molecule is CC(C)(C)c1ccc(/C=N/NC(=O)c2ccc(F)cc2)cc1. The molecule has 3 nitrogen and oxygen atoms in total. The number of amides is 1. The van der Waals surface area contributed by atoms with E-state index in [1.54, 1.807) is 6.21 Å². The Labute approximate surface area is 129 Å². The summed E-state index contributed by atoms with van der Waals surface area (Å²) in [4.78, 5) is 11.8. The molecule has 0 heterocycles. The van der Waals surface area contributed by atoms with E-state index < -0.39 is 0 Å². The highest BCUT2D eigenvalue weighted by Gasteiger charge is 2.12. The zero-order chi connectivity index (χ0) is 16.2. The van der Waals surface area contributed by atoms with E-state index in [0.29, 0.717) is 5.56 Å². The van der Waals surface area contributed by atoms with Crippen molar-refractivity contribution in [3.05, 3.63) is 71.0 Å². The molecule has 2 rings (SSSR count). The van der Waals surface area contributed by atoms with Gasteiger partial charge in [-0.1, -0.05) is 45.0 Å². The zero-order valence-electron chi connectivity index (χ0n) is 12.9. The van der Waals surface area contributed by atoms with Crippen molar-refractivity contribution >= 4 is 12.1 Å². The van der Waals surface area contributed by atoms with Crippen LogP contribution >= 0.6 is 0 Å². The number of rotatable bonds is 3. The molecule has 0 fully saturated rings. The van der Waals surface area contributed by atoms with Crippen LogP contribution in [0.25, 0.3) is 0 Å². The number of benzene rings is 2. The van der Waals surface area contributed by atoms with E-state index in [1.807, 2.05) is 24.3 Å². The van der Waals surface area contributed by atoms with Gasteiger partial charge in [-0.2, -0.15) is 5.10 Å². The van der Waals surface area contributed by atoms with Crippen molar-refractivity contribution in [2.24, 2.45) is 5.10 Å². The van der Waals surface area contributed by atoms with Crippen LogP contribution in [0.3, 0.4) is 0 Å². The quantitative estimate of drug-likeness (QED) is 0.678. The minimum atomic E-state index is -0.376. The summed E-state index contributed by atoms with van der Waals surface area (Å²) in [5.41, 5.74) is 5.02. The number of carbonyl (C=O) groups excluding carboxylic acids is 1. The van der Waals surface area contributed by atoms with E-state index in [-0.39, 0.29) is 17.1 Å². The molecular formula is C18H19FN2O. The summed E-state index contributed by atoms with van der Waals surface area (Å²) in [6.07, 6.45) is 1.58. The molecule has 0 unspecified atom stereocenters. The largest absolute Gasteiger partial charge is 0.271 e. The van der Waals surface area contributed by atoms with Gasteiger partial charge in [-0.15, -0.1) is 0 Å². The summed E-state index contributed by atoms with van der Waals surface area (Å²) in [7, 11) is 0. The van der Waals surface area contributed by atoms with Crippen molar-refractivity contribution < 1.29 is 9.18 Å². The fraction of sp³-hybridized carbons (Fsp3) is 0.222. The van der Waals surface area contributed by atoms with Gasteiger partial charge in [-0.25, -0.2) is 9.82 Å². The molecule has 2 aromatic rings. The molecule has 2 aromatic carbocycles. The topological polar surface area (TPSA) is 41.5 Å². The van der Waals surface area contributed by atoms with Gasteiger partial charge in [0.15, 0.2) is 0 Å². The van der Waals surface area contributed by atoms with Gasteiger partial charge in [0.2, 0.25) is 0 Å². The molecule has 0 atom stereocenters. The van der Waals surface area contributed by atoms with Crippen LogP contribution in [0, 0.1) is 5.82 Å². The van der Waals surface area contributed by atoms with Crippen LogP contribution in [-0.4, -0.2) is 12.1 Å². The van der Waals surface area contributed by atoms with E-state index >= 15 is 0 Å². The van der Waals surface area contributed by atoms with E-state index in [0.717, 1.165) is 5.56 Å². The smallest absolute Gasteiger partial charge is 0.267 e. The third-order valence-electron chi connectivity index (χ3n) is 3.26. The average molecular weight is 298 g/mol. The lowest BCUT2D eigenvalue weighted by atomic mass is 9.87. The van der Waals surface area contributed by atoms with Gasteiger partial charge in [0.1, 0.15) is 5.82 Å². The fourth-order valence-electron chi connectivity index (χ4n) is 1.90. The van der Waals surface area contributed by atoms with Gasteiger partial charge >= 0.3 is 0 Å². The second-order valence-corrected chi connectivity index (χ2v) is 6.08. The van der Waals surface area contributed by atoms with Crippen LogP contribution in [0.1, 0.15) is 42.3 Å². The van der Waals surface area contributed by atoms with E-state index in [2.05, 4.69) is 31.3 Å². The number of halogens is 1. The van der Waals surface area contributed by atoms with Crippen LogP contribution in [0.15, 0.2) is 53.6 Å². The molecule has 1 amide bonds. The second kappa shape index (κ2) is 6.52. The summed E-state index contributed by atoms with van der Waals surface area (Å²) in [6.45, 7) is 6.46. The lowest BCUT2D eigenvalue weighted by molar-refractivity contribution is 0.0955. The summed E-state index contributed by atoms with van der Waals surface area (Å²) in [5.74, 6) is -0.749. The predicted octanol–water partition coefficient (Wildman–Crippen LogP) is 3.89. The first-order valence-corrected chi connectivity index (χ1v) is 7.06. The second-order valence-electron chi connectivity index (χ2n) is 6.08. The molecule has 0 saturated carbocycles. The van der Waals surface area contributed by atoms with E-state index in [4.69, 9.17) is 0 Å². The van der Waals surface area contributed by atoms with Crippen LogP contribution in [0.5, 0.6) is 0 Å². The number of nitrogens with one attached hydrogen (secondary N) is 1. The van der Waals surface area contributed by atoms with Crippen molar-refractivity contribution in [3.63, 3.8) is 0 Å². The van der Waals surface area contributed by atoms with E-state index in [9.17, 15) is 9.18 Å². The maximum Gasteiger partial charge on any atom is 0.271 e. The van der Waals surface area contributed by atoms with Crippen LogP contribution in [0.2, 0.25) is 0 Å². The summed E-state index contributed by atoms with van der Waals surface area (Å²) in [5, 5.41) is 3.91. The molecule has 0 aromatic heterocycles. The lowest BCUT2D eigenvalue weighted by Crippen LogP contribution is -2.17. The molecule has 22 heavy (non-hydrogen) atoms. The normalized spacial score (nSPS) is 11.6. The average Bonchev–Trinajstić information content (AvgIpc) is 2.47. The van der Waals surface area contributed by atoms with Gasteiger partial charge < -0.3 is 0 Å². The Kier molecular flexibility index (Phi) is 4.71. The van der Waals surface area contributed by atoms with Crippen LogP contribution in [0.4, 0.5) is 4.39 Å². The Bertz CT molecular complexity index is 668. The molecular weight excluding hydrogens is 279 g/mol. The Morgan fingerprint density at radius 2 is 1.64 bits per heavy atom. The van der Waals surface area contributed by atoms with Gasteiger partial charge in [0, 0.05) is 5.56 Å². The number of hydrogen-bond acceptors (Lipinski definition) is 2. The van der Waals surface area contributed by atoms with Crippen molar-refractivity contribution in [2.45, 2.75) is 26.2 Å². The summed E-state index contributed by atoms with van der Waals surface area (Å²) in [6, 6.07) is 13.3. The third-order valence-corrected chi connectivity index (χ3v) is 3.26. The number of hydrazone groups is 1. The summed E-state index contributed by atoms with van der Waals surface area (Å²) < 4.78 is 12.8. The molecule has 0 radical (unpaired) electrons. The molecule has 1 N–H and O–H groups in total. The first-order chi connectivity index (χ1) is 10.4. The standard InChI is InChI=1S/C18H19FN2O/c1-18(2,3)15-8-4-13(5-9-15)12-20-21-17(22)14-6-10-16(19)11-7-14/h4-12H,1-3H3,(H,21,22)/b20-12+. The highest BCUT2D eigenvalue weighted by Crippen LogP contribution is 2.21. The number of carbonyl (C=O) groups is 1. The number of hydrogen-bond donors (Lipinski definition) is 1. The molecule has 0 spiro atoms. The molecule has 4 heteroatoms. The maximum absolute atomic E-state index is 12.8. The Balaban J connectivity index is 1.97. The predicted molar refractivity (Wildman–Crippen MR) is 86.6 cm³/mol. The van der Waals surface area contributed by atoms with E-state index in [1.165, 1.54) is 29.8 Å². The Morgan fingerprint density at radius 3 is 2.18 bits per heavy atom. The van der Waals surface area contributed by atoms with Gasteiger partial charge in [0.05, 0.1) is 6.21 Å². The minimum Gasteiger partial charge on any atom is -0.267 e. The molecule has 0 saturated heterocycles. The minimum absolute atomic E-state index is 0.104. The highest BCUT2D eigenvalue weighted by molar-refractivity contribution is 5.94. The molecule has 0 aliphatic carbocycles. The number of nitrogens with zero attached hydrogens (tertiary/aromatic N) is 1. The Hall–Kier alpha value is -2.49. The first kappa shape index (κ1) is 15.9. The van der Waals surface area contributed by atoms with Crippen molar-refractivity contribution in [3.8, 4) is 0 Å². The molecule has 0 aliphatic rings. The van der Waals surface area contributed by atoms with Crippen molar-refractivity contribution in [2.75, 3.05) is 0 Å². The van der Waals surface area contributed by atoms with Crippen LogP contribution in [-0.2, 0) is 5.41 Å². The van der Waals surface area contributed by atoms with Gasteiger partial charge in [0.25, 0.3) is 5.91 Å². The van der Waals surface area contributed by atoms with Gasteiger partial charge in [-0.3, -0.25) is 4.79 Å². The zero-order valence-corrected chi connectivity index (χ0v) is 12.9. The van der Waals surface area contributed by atoms with Crippen molar-refractivity contribution in [1.29, 1.82) is 0 Å². The Morgan fingerprint density at radius 1 is 1.05 bits per heavy atom. The molecule has 0 aliphatic heterocycles. The van der Waals surface area contributed by atoms with Gasteiger partial charge in [-0.05, 0) is 40.8 Å². The molecule has 0 bridgehead atoms. The summed E-state index contributed by atoms with van der Waals surface area (Å²) >= 11 is 0. The fourth-order valence-corrected chi connectivity index (χ4v) is 1.90. The monoisotopic (exact) mass is 298 g/mol. The highest BCUT2D eigenvalue weighted by atomic mass is 19.1. The lowest BCUT2D eigenvalue weighted by Gasteiger charge is -2.18. The third kappa shape index (κ3) is 4.25. The molecule has 114 valence electrons.